The Morgan fingerprint density at radius 1 is 1.00 bits per heavy atom. The topological polar surface area (TPSA) is 0 Å². The molecule has 0 unspecified atom stereocenters. The number of allylic oxidation sites excluding steroid dienone is 1. The highest BCUT2D eigenvalue weighted by Crippen LogP contribution is 2.28. The van der Waals surface area contributed by atoms with Crippen molar-refractivity contribution in [3.8, 4) is 0 Å². The molecule has 2 aliphatic carbocycles. The Morgan fingerprint density at radius 2 is 1.83 bits per heavy atom. The molecule has 12 heavy (non-hydrogen) atoms. The highest BCUT2D eigenvalue weighted by atomic mass is 14.2. The predicted molar refractivity (Wildman–Crippen MR) is 49.1 cm³/mol. The molecule has 0 bridgehead atoms. The van der Waals surface area contributed by atoms with Gasteiger partial charge in [0.15, 0.2) is 0 Å². The number of fused-ring (bicyclic) bond motifs is 2. The minimum Gasteiger partial charge on any atom is -0.0716 e. The van der Waals surface area contributed by atoms with Gasteiger partial charge in [0.05, 0.1) is 0 Å². The van der Waals surface area contributed by atoms with E-state index >= 15 is 0 Å². The lowest BCUT2D eigenvalue weighted by Gasteiger charge is -2.03. The molecule has 0 nitrogen and oxygen atoms in total. The summed E-state index contributed by atoms with van der Waals surface area (Å²) in [6.45, 7) is 0. The van der Waals surface area contributed by atoms with E-state index in [4.69, 9.17) is 0 Å². The first-order chi connectivity index (χ1) is 5.93. The Morgan fingerprint density at radius 3 is 2.75 bits per heavy atom. The van der Waals surface area contributed by atoms with Crippen LogP contribution in [0.5, 0.6) is 0 Å². The van der Waals surface area contributed by atoms with E-state index in [1.54, 1.807) is 11.1 Å². The van der Waals surface area contributed by atoms with Gasteiger partial charge in [0.25, 0.3) is 0 Å². The summed E-state index contributed by atoms with van der Waals surface area (Å²) in [5, 5.41) is 0. The number of hydrogen-bond donors (Lipinski definition) is 0. The molecule has 1 radical (unpaired) electrons. The van der Waals surface area contributed by atoms with Crippen molar-refractivity contribution >= 4 is 0 Å². The van der Waals surface area contributed by atoms with Gasteiger partial charge in [-0.05, 0) is 54.0 Å². The van der Waals surface area contributed by atoms with Crippen LogP contribution in [0.15, 0.2) is 18.2 Å². The minimum absolute atomic E-state index is 1.10. The molecule has 2 aliphatic rings. The maximum Gasteiger partial charge on any atom is -0.00817 e. The maximum atomic E-state index is 3.30. The molecule has 0 fully saturated rings. The van der Waals surface area contributed by atoms with Crippen LogP contribution in [-0.2, 0) is 19.3 Å². The Hall–Kier alpha value is -1.04. The zero-order valence-corrected chi connectivity index (χ0v) is 7.06. The second-order valence-electron chi connectivity index (χ2n) is 3.68. The van der Waals surface area contributed by atoms with E-state index in [2.05, 4.69) is 24.3 Å². The lowest BCUT2D eigenvalue weighted by atomic mass is 10.0. The van der Waals surface area contributed by atoms with Crippen molar-refractivity contribution in [3.05, 3.63) is 46.5 Å². The van der Waals surface area contributed by atoms with Gasteiger partial charge in [0, 0.05) is 0 Å². The Labute approximate surface area is 72.9 Å². The first-order valence-corrected chi connectivity index (χ1v) is 4.66. The summed E-state index contributed by atoms with van der Waals surface area (Å²) in [5.74, 6) is 0. The monoisotopic (exact) mass is 155 g/mol. The Balaban J connectivity index is 2.23. The summed E-state index contributed by atoms with van der Waals surface area (Å²) in [6, 6.07) is 4.72. The molecule has 1 aromatic carbocycles. The molecule has 1 aromatic rings. The molecule has 0 spiro atoms. The van der Waals surface area contributed by atoms with Crippen LogP contribution >= 0.6 is 0 Å². The van der Waals surface area contributed by atoms with Crippen molar-refractivity contribution in [2.75, 3.05) is 0 Å². The van der Waals surface area contributed by atoms with Gasteiger partial charge >= 0.3 is 0 Å². The third kappa shape index (κ3) is 0.781. The fraction of sp³-hybridized carbons (Fsp3) is 0.333. The van der Waals surface area contributed by atoms with Crippen LogP contribution in [0, 0.1) is 6.08 Å². The molecule has 0 aromatic heterocycles. The van der Waals surface area contributed by atoms with Crippen LogP contribution in [0.1, 0.15) is 28.7 Å². The SMILES string of the molecule is [C]1=CCc2cc3c(cc21)CCC3. The molecule has 0 saturated carbocycles. The average molecular weight is 155 g/mol. The predicted octanol–water partition coefficient (Wildman–Crippen LogP) is 2.44. The first-order valence-electron chi connectivity index (χ1n) is 4.66. The van der Waals surface area contributed by atoms with Crippen molar-refractivity contribution in [3.63, 3.8) is 0 Å². The molecule has 0 saturated heterocycles. The quantitative estimate of drug-likeness (QED) is 0.540. The van der Waals surface area contributed by atoms with Gasteiger partial charge in [-0.15, -0.1) is 0 Å². The normalized spacial score (nSPS) is 18.0. The third-order valence-corrected chi connectivity index (χ3v) is 2.90. The van der Waals surface area contributed by atoms with Crippen LogP contribution < -0.4 is 0 Å². The molecule has 59 valence electrons. The fourth-order valence-electron chi connectivity index (χ4n) is 2.25. The van der Waals surface area contributed by atoms with Gasteiger partial charge in [-0.1, -0.05) is 18.2 Å². The zero-order chi connectivity index (χ0) is 7.97. The summed E-state index contributed by atoms with van der Waals surface area (Å²) in [7, 11) is 0. The second-order valence-corrected chi connectivity index (χ2v) is 3.68. The standard InChI is InChI=1S/C12H11/c1-3-9-7-11-5-2-6-12(11)8-10(9)4-1/h1,7-8H,2-3,5-6H2. The average Bonchev–Trinajstić information content (AvgIpc) is 2.64. The van der Waals surface area contributed by atoms with Crippen LogP contribution in [0.2, 0.25) is 0 Å². The zero-order valence-electron chi connectivity index (χ0n) is 7.06. The lowest BCUT2D eigenvalue weighted by molar-refractivity contribution is 0.911. The van der Waals surface area contributed by atoms with E-state index in [1.165, 1.54) is 30.4 Å². The van der Waals surface area contributed by atoms with Crippen molar-refractivity contribution in [1.82, 2.24) is 0 Å². The number of rotatable bonds is 0. The molecule has 0 N–H and O–H groups in total. The fourth-order valence-corrected chi connectivity index (χ4v) is 2.25. The highest BCUT2D eigenvalue weighted by Gasteiger charge is 2.14. The van der Waals surface area contributed by atoms with Crippen molar-refractivity contribution in [2.24, 2.45) is 0 Å². The van der Waals surface area contributed by atoms with Crippen LogP contribution in [0.4, 0.5) is 0 Å². The van der Waals surface area contributed by atoms with E-state index in [1.807, 2.05) is 0 Å². The van der Waals surface area contributed by atoms with Crippen LogP contribution in [-0.4, -0.2) is 0 Å². The van der Waals surface area contributed by atoms with E-state index in [0.717, 1.165) is 6.42 Å². The minimum atomic E-state index is 1.10. The van der Waals surface area contributed by atoms with Crippen LogP contribution in [0.25, 0.3) is 0 Å². The third-order valence-electron chi connectivity index (χ3n) is 2.90. The van der Waals surface area contributed by atoms with Gasteiger partial charge in [0.2, 0.25) is 0 Å². The van der Waals surface area contributed by atoms with Gasteiger partial charge < -0.3 is 0 Å². The molecule has 0 heteroatoms. The number of hydrogen-bond acceptors (Lipinski definition) is 0. The van der Waals surface area contributed by atoms with Gasteiger partial charge in [-0.2, -0.15) is 0 Å². The van der Waals surface area contributed by atoms with E-state index < -0.39 is 0 Å². The van der Waals surface area contributed by atoms with Crippen LogP contribution in [0.3, 0.4) is 0 Å². The molecule has 0 aliphatic heterocycles. The van der Waals surface area contributed by atoms with E-state index in [9.17, 15) is 0 Å². The maximum absolute atomic E-state index is 3.30. The second kappa shape index (κ2) is 2.22. The molecule has 0 atom stereocenters. The van der Waals surface area contributed by atoms with E-state index in [-0.39, 0.29) is 0 Å². The highest BCUT2D eigenvalue weighted by molar-refractivity contribution is 5.46. The molecule has 0 amide bonds. The van der Waals surface area contributed by atoms with Gasteiger partial charge in [-0.3, -0.25) is 0 Å². The van der Waals surface area contributed by atoms with E-state index in [0.29, 0.717) is 0 Å². The Kier molecular flexibility index (Phi) is 1.20. The molecule has 3 rings (SSSR count). The summed E-state index contributed by atoms with van der Waals surface area (Å²) in [4.78, 5) is 0. The molecular weight excluding hydrogens is 144 g/mol. The Bertz CT molecular complexity index is 358. The summed E-state index contributed by atoms with van der Waals surface area (Å²) in [5.41, 5.74) is 5.98. The largest absolute Gasteiger partial charge is 0.0716 e. The summed E-state index contributed by atoms with van der Waals surface area (Å²) >= 11 is 0. The summed E-state index contributed by atoms with van der Waals surface area (Å²) in [6.07, 6.45) is 10.5. The lowest BCUT2D eigenvalue weighted by Crippen LogP contribution is -1.88. The van der Waals surface area contributed by atoms with Crippen molar-refractivity contribution in [1.29, 1.82) is 0 Å². The number of aryl methyl sites for hydroxylation is 2. The number of benzene rings is 1. The van der Waals surface area contributed by atoms with Crippen molar-refractivity contribution < 1.29 is 0 Å². The molecular formula is C12H11. The first kappa shape index (κ1) is 6.47. The van der Waals surface area contributed by atoms with Crippen molar-refractivity contribution in [2.45, 2.75) is 25.7 Å². The van der Waals surface area contributed by atoms with Gasteiger partial charge in [0.1, 0.15) is 0 Å². The summed E-state index contributed by atoms with van der Waals surface area (Å²) < 4.78 is 0. The smallest absolute Gasteiger partial charge is 0.00817 e. The van der Waals surface area contributed by atoms with Gasteiger partial charge in [-0.25, -0.2) is 0 Å². The molecule has 0 heterocycles.